The van der Waals surface area contributed by atoms with Gasteiger partial charge in [-0.1, -0.05) is 54.3 Å². The first kappa shape index (κ1) is 26.5. The van der Waals surface area contributed by atoms with Crippen LogP contribution in [-0.4, -0.2) is 50.6 Å². The van der Waals surface area contributed by atoms with E-state index in [2.05, 4.69) is 17.2 Å². The van der Waals surface area contributed by atoms with Gasteiger partial charge in [-0.3, -0.25) is 9.79 Å². The molecule has 2 amide bonds. The Kier molecular flexibility index (Phi) is 7.82. The number of amides is 2. The average molecular weight is 510 g/mol. The molecule has 0 saturated heterocycles. The highest BCUT2D eigenvalue weighted by molar-refractivity contribution is 6.20. The lowest BCUT2D eigenvalue weighted by Gasteiger charge is -2.21. The molecule has 7 heteroatoms. The minimum Gasteiger partial charge on any atom is -0.496 e. The Balaban J connectivity index is 1.63. The third-order valence-corrected chi connectivity index (χ3v) is 5.88. The van der Waals surface area contributed by atoms with Crippen LogP contribution in [0.15, 0.2) is 71.7 Å². The molecule has 4 rings (SSSR count). The van der Waals surface area contributed by atoms with E-state index in [0.717, 1.165) is 39.2 Å². The fourth-order valence-electron chi connectivity index (χ4n) is 4.06. The monoisotopic (exact) mass is 509 g/mol. The molecule has 0 spiro atoms. The van der Waals surface area contributed by atoms with E-state index in [4.69, 9.17) is 14.5 Å². The van der Waals surface area contributed by atoms with Gasteiger partial charge < -0.3 is 19.7 Å². The number of rotatable bonds is 4. The Bertz CT molecular complexity index is 1430. The van der Waals surface area contributed by atoms with Gasteiger partial charge in [-0.05, 0) is 44.5 Å². The number of likely N-dealkylation sites (N-methyl/N-ethyl adjacent to an activating group) is 1. The molecule has 0 aromatic heterocycles. The molecule has 0 bridgehead atoms. The number of carbonyl (C=O) groups is 2. The first-order valence-electron chi connectivity index (χ1n) is 12.3. The molecule has 38 heavy (non-hydrogen) atoms. The number of anilines is 1. The maximum absolute atomic E-state index is 12.8. The molecule has 1 aliphatic heterocycles. The fourth-order valence-corrected chi connectivity index (χ4v) is 4.06. The number of hydrogen-bond donors (Lipinski definition) is 1. The van der Waals surface area contributed by atoms with E-state index in [0.29, 0.717) is 5.75 Å². The Morgan fingerprint density at radius 3 is 2.39 bits per heavy atom. The number of carbonyl (C=O) groups excluding carboxylic acids is 2. The molecule has 0 unspecified atom stereocenters. The summed E-state index contributed by atoms with van der Waals surface area (Å²) >= 11 is 0. The van der Waals surface area contributed by atoms with E-state index in [9.17, 15) is 9.59 Å². The number of alkyl carbamates (subject to hydrolysis) is 1. The summed E-state index contributed by atoms with van der Waals surface area (Å²) in [7, 11) is 3.38. The second-order valence-corrected chi connectivity index (χ2v) is 9.79. The van der Waals surface area contributed by atoms with Crippen molar-refractivity contribution in [3.63, 3.8) is 0 Å². The zero-order chi connectivity index (χ0) is 27.3. The van der Waals surface area contributed by atoms with Crippen LogP contribution in [-0.2, 0) is 9.53 Å². The van der Waals surface area contributed by atoms with Crippen LogP contribution in [0.1, 0.15) is 37.5 Å². The maximum atomic E-state index is 12.8. The van der Waals surface area contributed by atoms with E-state index in [1.807, 2.05) is 87.5 Å². The smallest absolute Gasteiger partial charge is 0.408 e. The van der Waals surface area contributed by atoms with Crippen LogP contribution >= 0.6 is 0 Å². The molecule has 7 nitrogen and oxygen atoms in total. The van der Waals surface area contributed by atoms with Crippen LogP contribution in [0.3, 0.4) is 0 Å². The van der Waals surface area contributed by atoms with Gasteiger partial charge in [-0.15, -0.1) is 0 Å². The lowest BCUT2D eigenvalue weighted by atomic mass is 9.94. The Morgan fingerprint density at radius 1 is 1.03 bits per heavy atom. The summed E-state index contributed by atoms with van der Waals surface area (Å²) < 4.78 is 10.9. The fraction of sp³-hybridized carbons (Fsp3) is 0.258. The Hall–Kier alpha value is -4.57. The molecule has 0 radical (unpaired) electrons. The molecule has 0 aliphatic carbocycles. The quantitative estimate of drug-likeness (QED) is 0.499. The number of benzodiazepines with no additional fused rings is 1. The lowest BCUT2D eigenvalue weighted by Crippen LogP contribution is -2.32. The van der Waals surface area contributed by atoms with E-state index >= 15 is 0 Å². The number of ether oxygens (including phenoxy) is 2. The minimum absolute atomic E-state index is 0.0430. The molecule has 0 fully saturated rings. The Morgan fingerprint density at radius 2 is 1.74 bits per heavy atom. The molecule has 3 aromatic rings. The molecule has 3 aromatic carbocycles. The number of methoxy groups -OCH3 is 1. The van der Waals surface area contributed by atoms with Gasteiger partial charge in [-0.25, -0.2) is 4.79 Å². The molecular weight excluding hydrogens is 478 g/mol. The molecule has 0 saturated carbocycles. The summed E-state index contributed by atoms with van der Waals surface area (Å²) in [6.07, 6.45) is -0.502. The molecule has 1 heterocycles. The van der Waals surface area contributed by atoms with Gasteiger partial charge in [0.2, 0.25) is 5.91 Å². The summed E-state index contributed by atoms with van der Waals surface area (Å²) in [6.45, 7) is 5.65. The number of nitrogens with one attached hydrogen (secondary N) is 1. The van der Waals surface area contributed by atoms with Crippen molar-refractivity contribution in [2.75, 3.05) is 32.1 Å². The second kappa shape index (κ2) is 11.2. The van der Waals surface area contributed by atoms with Crippen LogP contribution in [0.5, 0.6) is 5.75 Å². The first-order chi connectivity index (χ1) is 18.2. The summed E-state index contributed by atoms with van der Waals surface area (Å²) in [5.74, 6) is 6.56. The minimum atomic E-state index is -0.556. The van der Waals surface area contributed by atoms with E-state index in [-0.39, 0.29) is 19.0 Å². The lowest BCUT2D eigenvalue weighted by molar-refractivity contribution is -0.116. The number of hydrogen-bond acceptors (Lipinski definition) is 5. The predicted octanol–water partition coefficient (Wildman–Crippen LogP) is 5.05. The molecule has 1 aliphatic rings. The van der Waals surface area contributed by atoms with Gasteiger partial charge in [0.25, 0.3) is 0 Å². The SMILES string of the molecule is COc1cc2c(cc1-c1ccccc1)C(c1ccc(C#CCNC(=O)OC(C)(C)C)cc1)=NCC(=O)N2C. The third kappa shape index (κ3) is 6.22. The highest BCUT2D eigenvalue weighted by atomic mass is 16.6. The third-order valence-electron chi connectivity index (χ3n) is 5.88. The zero-order valence-corrected chi connectivity index (χ0v) is 22.3. The van der Waals surface area contributed by atoms with Crippen molar-refractivity contribution in [3.05, 3.63) is 83.4 Å². The number of benzene rings is 3. The average Bonchev–Trinajstić information content (AvgIpc) is 3.01. The van der Waals surface area contributed by atoms with Gasteiger partial charge in [0.15, 0.2) is 0 Å². The summed E-state index contributed by atoms with van der Waals surface area (Å²) in [5.41, 5.74) is 5.34. The van der Waals surface area contributed by atoms with Crippen molar-refractivity contribution in [2.45, 2.75) is 26.4 Å². The molecule has 1 N–H and O–H groups in total. The van der Waals surface area contributed by atoms with Gasteiger partial charge in [0.1, 0.15) is 17.9 Å². The topological polar surface area (TPSA) is 80.2 Å². The Labute approximate surface area is 223 Å². The zero-order valence-electron chi connectivity index (χ0n) is 22.3. The highest BCUT2D eigenvalue weighted by Crippen LogP contribution is 2.38. The van der Waals surface area contributed by atoms with E-state index < -0.39 is 11.7 Å². The van der Waals surface area contributed by atoms with Crippen molar-refractivity contribution in [3.8, 4) is 28.7 Å². The van der Waals surface area contributed by atoms with Crippen molar-refractivity contribution < 1.29 is 19.1 Å². The molecule has 0 atom stereocenters. The van der Waals surface area contributed by atoms with E-state index in [1.54, 1.807) is 19.1 Å². The molecule has 194 valence electrons. The van der Waals surface area contributed by atoms with E-state index in [1.165, 1.54) is 0 Å². The van der Waals surface area contributed by atoms with Crippen LogP contribution in [0.25, 0.3) is 11.1 Å². The van der Waals surface area contributed by atoms with Crippen molar-refractivity contribution in [2.24, 2.45) is 4.99 Å². The summed E-state index contributed by atoms with van der Waals surface area (Å²) in [5, 5.41) is 2.63. The van der Waals surface area contributed by atoms with Crippen LogP contribution in [0.2, 0.25) is 0 Å². The first-order valence-corrected chi connectivity index (χ1v) is 12.3. The standard InChI is InChI=1S/C31H31N3O4/c1-31(2,3)38-30(36)32-17-9-10-21-13-15-23(16-14-21)29-25-18-24(22-11-7-6-8-12-22)27(37-5)19-26(25)34(4)28(35)20-33-29/h6-8,11-16,18-19H,17,20H2,1-5H3,(H,32,36). The largest absolute Gasteiger partial charge is 0.496 e. The number of nitrogens with zero attached hydrogens (tertiary/aromatic N) is 2. The normalized spacial score (nSPS) is 12.9. The van der Waals surface area contributed by atoms with Crippen LogP contribution in [0, 0.1) is 11.8 Å². The molecular formula is C31H31N3O4. The second-order valence-electron chi connectivity index (χ2n) is 9.79. The predicted molar refractivity (Wildman–Crippen MR) is 150 cm³/mol. The highest BCUT2D eigenvalue weighted by Gasteiger charge is 2.25. The van der Waals surface area contributed by atoms with Gasteiger partial charge in [0.05, 0.1) is 25.1 Å². The summed E-state index contributed by atoms with van der Waals surface area (Å²) in [6, 6.07) is 21.6. The van der Waals surface area contributed by atoms with Gasteiger partial charge in [0, 0.05) is 35.4 Å². The number of aliphatic imine (C=N–C) groups is 1. The van der Waals surface area contributed by atoms with Crippen LogP contribution < -0.4 is 15.0 Å². The maximum Gasteiger partial charge on any atom is 0.408 e. The van der Waals surface area contributed by atoms with Crippen molar-refractivity contribution in [1.29, 1.82) is 0 Å². The van der Waals surface area contributed by atoms with Crippen LogP contribution in [0.4, 0.5) is 10.5 Å². The van der Waals surface area contributed by atoms with Crippen molar-refractivity contribution in [1.82, 2.24) is 5.32 Å². The summed E-state index contributed by atoms with van der Waals surface area (Å²) in [4.78, 5) is 30.8. The van der Waals surface area contributed by atoms with Crippen molar-refractivity contribution >= 4 is 23.4 Å². The van der Waals surface area contributed by atoms with Gasteiger partial charge in [-0.2, -0.15) is 0 Å². The van der Waals surface area contributed by atoms with Gasteiger partial charge >= 0.3 is 6.09 Å². The number of fused-ring (bicyclic) bond motifs is 1.